The van der Waals surface area contributed by atoms with Crippen molar-refractivity contribution < 1.29 is 0 Å². The normalized spacial score (nSPS) is 15.1. The fourth-order valence-corrected chi connectivity index (χ4v) is 3.16. The summed E-state index contributed by atoms with van der Waals surface area (Å²) in [5.74, 6) is 2.90. The minimum atomic E-state index is 0.816. The van der Waals surface area contributed by atoms with Crippen molar-refractivity contribution in [2.24, 2.45) is 0 Å². The summed E-state index contributed by atoms with van der Waals surface area (Å²) < 4.78 is 0. The van der Waals surface area contributed by atoms with Gasteiger partial charge < -0.3 is 9.80 Å². The van der Waals surface area contributed by atoms with E-state index < -0.39 is 0 Å². The molecule has 1 saturated heterocycles. The fourth-order valence-electron chi connectivity index (χ4n) is 2.75. The van der Waals surface area contributed by atoms with E-state index in [4.69, 9.17) is 4.98 Å². The molecular formula is C16H22N6S. The first-order valence-corrected chi connectivity index (χ1v) is 8.99. The molecule has 1 aliphatic heterocycles. The first-order chi connectivity index (χ1) is 11.1. The van der Waals surface area contributed by atoms with Gasteiger partial charge in [0.2, 0.25) is 0 Å². The van der Waals surface area contributed by atoms with E-state index in [9.17, 15) is 0 Å². The van der Waals surface area contributed by atoms with Gasteiger partial charge in [-0.3, -0.25) is 0 Å². The van der Waals surface area contributed by atoms with Gasteiger partial charge in [-0.1, -0.05) is 11.8 Å². The molecule has 0 spiro atoms. The zero-order valence-electron chi connectivity index (χ0n) is 14.1. The SMILES string of the molecule is CSc1nc(C)c(C)c(N2CCN(c3ccnc(C)n3)CC2)n1. The molecular weight excluding hydrogens is 308 g/mol. The van der Waals surface area contributed by atoms with E-state index in [1.165, 1.54) is 5.56 Å². The van der Waals surface area contributed by atoms with Crippen LogP contribution in [-0.2, 0) is 0 Å². The first-order valence-electron chi connectivity index (χ1n) is 7.77. The fraction of sp³-hybridized carbons (Fsp3) is 0.500. The van der Waals surface area contributed by atoms with Crippen molar-refractivity contribution in [2.45, 2.75) is 25.9 Å². The summed E-state index contributed by atoms with van der Waals surface area (Å²) in [6.07, 6.45) is 3.84. The zero-order valence-corrected chi connectivity index (χ0v) is 14.9. The lowest BCUT2D eigenvalue weighted by atomic mass is 10.2. The molecule has 122 valence electrons. The molecule has 2 aromatic heterocycles. The third kappa shape index (κ3) is 3.39. The van der Waals surface area contributed by atoms with Crippen LogP contribution in [0.5, 0.6) is 0 Å². The minimum Gasteiger partial charge on any atom is -0.353 e. The maximum Gasteiger partial charge on any atom is 0.189 e. The van der Waals surface area contributed by atoms with E-state index in [-0.39, 0.29) is 0 Å². The van der Waals surface area contributed by atoms with E-state index in [2.05, 4.69) is 38.6 Å². The molecule has 0 aliphatic carbocycles. The Hall–Kier alpha value is -1.89. The quantitative estimate of drug-likeness (QED) is 0.632. The molecule has 0 saturated carbocycles. The highest BCUT2D eigenvalue weighted by Crippen LogP contribution is 2.24. The number of aromatic nitrogens is 4. The lowest BCUT2D eigenvalue weighted by molar-refractivity contribution is 0.633. The Balaban J connectivity index is 1.75. The van der Waals surface area contributed by atoms with Crippen molar-refractivity contribution in [1.29, 1.82) is 0 Å². The van der Waals surface area contributed by atoms with Gasteiger partial charge in [-0.05, 0) is 33.1 Å². The molecule has 6 nitrogen and oxygen atoms in total. The average Bonchev–Trinajstić information content (AvgIpc) is 2.57. The van der Waals surface area contributed by atoms with Gasteiger partial charge in [0.15, 0.2) is 5.16 Å². The summed E-state index contributed by atoms with van der Waals surface area (Å²) in [6.45, 7) is 9.84. The van der Waals surface area contributed by atoms with Crippen molar-refractivity contribution in [1.82, 2.24) is 19.9 Å². The number of hydrogen-bond acceptors (Lipinski definition) is 7. The highest BCUT2D eigenvalue weighted by molar-refractivity contribution is 7.98. The number of hydrogen-bond donors (Lipinski definition) is 0. The molecule has 0 aromatic carbocycles. The van der Waals surface area contributed by atoms with Gasteiger partial charge >= 0.3 is 0 Å². The Kier molecular flexibility index (Phi) is 4.66. The predicted molar refractivity (Wildman–Crippen MR) is 94.5 cm³/mol. The number of piperazine rings is 1. The molecule has 3 rings (SSSR count). The van der Waals surface area contributed by atoms with Crippen LogP contribution >= 0.6 is 11.8 Å². The van der Waals surface area contributed by atoms with E-state index in [1.54, 1.807) is 11.8 Å². The van der Waals surface area contributed by atoms with Crippen LogP contribution in [-0.4, -0.2) is 52.4 Å². The minimum absolute atomic E-state index is 0.816. The second kappa shape index (κ2) is 6.70. The third-order valence-electron chi connectivity index (χ3n) is 4.19. The second-order valence-corrected chi connectivity index (χ2v) is 6.45. The van der Waals surface area contributed by atoms with Crippen LogP contribution in [0, 0.1) is 20.8 Å². The number of anilines is 2. The van der Waals surface area contributed by atoms with Crippen LogP contribution in [0.25, 0.3) is 0 Å². The van der Waals surface area contributed by atoms with Crippen LogP contribution in [0.15, 0.2) is 17.4 Å². The van der Waals surface area contributed by atoms with E-state index in [0.29, 0.717) is 0 Å². The number of nitrogens with zero attached hydrogens (tertiary/aromatic N) is 6. The second-order valence-electron chi connectivity index (χ2n) is 5.68. The summed E-state index contributed by atoms with van der Waals surface area (Å²) in [5, 5.41) is 0.844. The molecule has 0 unspecified atom stereocenters. The molecule has 2 aromatic rings. The molecule has 23 heavy (non-hydrogen) atoms. The monoisotopic (exact) mass is 330 g/mol. The Morgan fingerprint density at radius 3 is 2.30 bits per heavy atom. The molecule has 0 N–H and O–H groups in total. The van der Waals surface area contributed by atoms with Crippen molar-refractivity contribution >= 4 is 23.4 Å². The number of thioether (sulfide) groups is 1. The van der Waals surface area contributed by atoms with Gasteiger partial charge in [0.05, 0.1) is 0 Å². The third-order valence-corrected chi connectivity index (χ3v) is 4.74. The van der Waals surface area contributed by atoms with Gasteiger partial charge in [-0.15, -0.1) is 0 Å². The standard InChI is InChI=1S/C16H22N6S/c1-11-12(2)18-16(23-4)20-15(11)22-9-7-21(8-10-22)14-5-6-17-13(3)19-14/h5-6H,7-10H2,1-4H3. The summed E-state index contributed by atoms with van der Waals surface area (Å²) >= 11 is 1.59. The van der Waals surface area contributed by atoms with Gasteiger partial charge in [-0.2, -0.15) is 0 Å². The van der Waals surface area contributed by atoms with Crippen LogP contribution in [0.4, 0.5) is 11.6 Å². The predicted octanol–water partition coefficient (Wildman–Crippen LogP) is 2.24. The van der Waals surface area contributed by atoms with Gasteiger partial charge in [0, 0.05) is 43.6 Å². The molecule has 0 atom stereocenters. The van der Waals surface area contributed by atoms with E-state index in [0.717, 1.165) is 54.5 Å². The summed E-state index contributed by atoms with van der Waals surface area (Å²) in [6, 6.07) is 1.98. The molecule has 7 heteroatoms. The summed E-state index contributed by atoms with van der Waals surface area (Å²) in [7, 11) is 0. The molecule has 0 radical (unpaired) electrons. The highest BCUT2D eigenvalue weighted by atomic mass is 32.2. The average molecular weight is 330 g/mol. The van der Waals surface area contributed by atoms with Crippen LogP contribution in [0.3, 0.4) is 0 Å². The van der Waals surface area contributed by atoms with Gasteiger partial charge in [0.1, 0.15) is 17.5 Å². The molecule has 0 amide bonds. The molecule has 3 heterocycles. The zero-order chi connectivity index (χ0) is 16.4. The van der Waals surface area contributed by atoms with Crippen molar-refractivity contribution in [3.63, 3.8) is 0 Å². The van der Waals surface area contributed by atoms with E-state index in [1.807, 2.05) is 25.4 Å². The highest BCUT2D eigenvalue weighted by Gasteiger charge is 2.22. The Labute approximate surface area is 141 Å². The Morgan fingerprint density at radius 1 is 0.957 bits per heavy atom. The maximum atomic E-state index is 4.72. The largest absolute Gasteiger partial charge is 0.353 e. The smallest absolute Gasteiger partial charge is 0.189 e. The van der Waals surface area contributed by atoms with Crippen molar-refractivity contribution in [2.75, 3.05) is 42.2 Å². The lowest BCUT2D eigenvalue weighted by Gasteiger charge is -2.36. The molecule has 1 fully saturated rings. The molecule has 0 bridgehead atoms. The lowest BCUT2D eigenvalue weighted by Crippen LogP contribution is -2.47. The maximum absolute atomic E-state index is 4.72. The van der Waals surface area contributed by atoms with Crippen molar-refractivity contribution in [3.05, 3.63) is 29.3 Å². The first kappa shape index (κ1) is 16.0. The topological polar surface area (TPSA) is 58.0 Å². The number of aryl methyl sites for hydroxylation is 2. The Bertz CT molecular complexity index is 697. The van der Waals surface area contributed by atoms with Gasteiger partial charge in [-0.25, -0.2) is 19.9 Å². The van der Waals surface area contributed by atoms with Gasteiger partial charge in [0.25, 0.3) is 0 Å². The van der Waals surface area contributed by atoms with Crippen molar-refractivity contribution in [3.8, 4) is 0 Å². The van der Waals surface area contributed by atoms with Crippen LogP contribution in [0.1, 0.15) is 17.1 Å². The summed E-state index contributed by atoms with van der Waals surface area (Å²) in [5.41, 5.74) is 2.24. The Morgan fingerprint density at radius 2 is 1.65 bits per heavy atom. The van der Waals surface area contributed by atoms with Crippen LogP contribution < -0.4 is 9.80 Å². The summed E-state index contributed by atoms with van der Waals surface area (Å²) in [4.78, 5) is 22.6. The number of rotatable bonds is 3. The molecule has 1 aliphatic rings. The van der Waals surface area contributed by atoms with E-state index >= 15 is 0 Å². The van der Waals surface area contributed by atoms with Crippen LogP contribution in [0.2, 0.25) is 0 Å².